The molecule has 0 spiro atoms. The molecule has 6 heteroatoms. The van der Waals surface area contributed by atoms with E-state index in [1.165, 1.54) is 17.7 Å². The standard InChI is InChI=1S/C23H23F3N2O/c1-3-19-21(17-9-11-18(12-10-17)23(24,25)26)20(22(27)29)15(2)28(19)14-13-16-7-5-4-6-8-16/h4-12H,3,13-14H2,1-2H3,(H2,27,29). The van der Waals surface area contributed by atoms with Crippen LogP contribution in [0.5, 0.6) is 0 Å². The summed E-state index contributed by atoms with van der Waals surface area (Å²) in [6.07, 6.45) is -3.01. The van der Waals surface area contributed by atoms with E-state index in [-0.39, 0.29) is 0 Å². The summed E-state index contributed by atoms with van der Waals surface area (Å²) in [5, 5.41) is 0. The summed E-state index contributed by atoms with van der Waals surface area (Å²) in [6, 6.07) is 14.9. The van der Waals surface area contributed by atoms with Gasteiger partial charge in [0.2, 0.25) is 0 Å². The van der Waals surface area contributed by atoms with Gasteiger partial charge in [-0.1, -0.05) is 49.4 Å². The summed E-state index contributed by atoms with van der Waals surface area (Å²) in [7, 11) is 0. The van der Waals surface area contributed by atoms with Crippen LogP contribution < -0.4 is 5.73 Å². The van der Waals surface area contributed by atoms with Gasteiger partial charge in [0, 0.05) is 23.5 Å². The average Bonchev–Trinajstić information content (AvgIpc) is 2.98. The lowest BCUT2D eigenvalue weighted by atomic mass is 9.97. The third-order valence-electron chi connectivity index (χ3n) is 5.18. The number of halogens is 3. The van der Waals surface area contributed by atoms with Crippen molar-refractivity contribution < 1.29 is 18.0 Å². The van der Waals surface area contributed by atoms with Crippen molar-refractivity contribution >= 4 is 5.91 Å². The van der Waals surface area contributed by atoms with E-state index in [0.717, 1.165) is 29.9 Å². The van der Waals surface area contributed by atoms with Gasteiger partial charge in [-0.25, -0.2) is 0 Å². The van der Waals surface area contributed by atoms with Gasteiger partial charge in [-0.2, -0.15) is 13.2 Å². The zero-order chi connectivity index (χ0) is 21.2. The largest absolute Gasteiger partial charge is 0.416 e. The molecule has 1 amide bonds. The minimum absolute atomic E-state index is 0.370. The summed E-state index contributed by atoms with van der Waals surface area (Å²) in [5.74, 6) is -0.578. The fourth-order valence-corrected chi connectivity index (χ4v) is 3.79. The summed E-state index contributed by atoms with van der Waals surface area (Å²) in [4.78, 5) is 12.2. The molecule has 0 saturated heterocycles. The molecule has 1 aromatic heterocycles. The van der Waals surface area contributed by atoms with E-state index in [1.54, 1.807) is 0 Å². The van der Waals surface area contributed by atoms with Crippen LogP contribution in [-0.2, 0) is 25.6 Å². The molecule has 0 saturated carbocycles. The van der Waals surface area contributed by atoms with Gasteiger partial charge < -0.3 is 10.3 Å². The SMILES string of the molecule is CCc1c(-c2ccc(C(F)(F)F)cc2)c(C(N)=O)c(C)n1CCc1ccccc1. The molecule has 0 aliphatic rings. The first-order valence-corrected chi connectivity index (χ1v) is 9.47. The molecule has 29 heavy (non-hydrogen) atoms. The van der Waals surface area contributed by atoms with Crippen molar-refractivity contribution in [2.75, 3.05) is 0 Å². The number of hydrogen-bond acceptors (Lipinski definition) is 1. The highest BCUT2D eigenvalue weighted by Gasteiger charge is 2.31. The van der Waals surface area contributed by atoms with E-state index in [0.29, 0.717) is 29.7 Å². The topological polar surface area (TPSA) is 48.0 Å². The number of rotatable bonds is 6. The van der Waals surface area contributed by atoms with Crippen LogP contribution in [0, 0.1) is 6.92 Å². The van der Waals surface area contributed by atoms with E-state index in [9.17, 15) is 18.0 Å². The average molecular weight is 400 g/mol. The number of carbonyl (C=O) groups is 1. The maximum absolute atomic E-state index is 12.9. The molecule has 3 rings (SSSR count). The first-order valence-electron chi connectivity index (χ1n) is 9.47. The number of nitrogens with zero attached hydrogens (tertiary/aromatic N) is 1. The lowest BCUT2D eigenvalue weighted by molar-refractivity contribution is -0.137. The quantitative estimate of drug-likeness (QED) is 0.593. The number of aromatic nitrogens is 1. The minimum Gasteiger partial charge on any atom is -0.366 e. The molecule has 0 radical (unpaired) electrons. The lowest BCUT2D eigenvalue weighted by Gasteiger charge is -2.12. The van der Waals surface area contributed by atoms with Crippen molar-refractivity contribution in [1.82, 2.24) is 4.57 Å². The Morgan fingerprint density at radius 1 is 1.03 bits per heavy atom. The third-order valence-corrected chi connectivity index (χ3v) is 5.18. The van der Waals surface area contributed by atoms with Crippen molar-refractivity contribution in [2.24, 2.45) is 5.73 Å². The van der Waals surface area contributed by atoms with Crippen molar-refractivity contribution in [3.05, 3.63) is 82.7 Å². The van der Waals surface area contributed by atoms with Gasteiger partial charge in [0.25, 0.3) is 5.91 Å². The number of hydrogen-bond donors (Lipinski definition) is 1. The van der Waals surface area contributed by atoms with Gasteiger partial charge >= 0.3 is 6.18 Å². The van der Waals surface area contributed by atoms with Crippen LogP contribution >= 0.6 is 0 Å². The molecule has 152 valence electrons. The van der Waals surface area contributed by atoms with Crippen molar-refractivity contribution in [3.63, 3.8) is 0 Å². The van der Waals surface area contributed by atoms with E-state index in [4.69, 9.17) is 5.73 Å². The summed E-state index contributed by atoms with van der Waals surface area (Å²) >= 11 is 0. The molecule has 1 heterocycles. The number of aryl methyl sites for hydroxylation is 1. The van der Waals surface area contributed by atoms with Crippen LogP contribution in [0.4, 0.5) is 13.2 Å². The Morgan fingerprint density at radius 2 is 1.66 bits per heavy atom. The summed E-state index contributed by atoms with van der Waals surface area (Å²) in [6.45, 7) is 4.45. The van der Waals surface area contributed by atoms with Crippen LogP contribution in [-0.4, -0.2) is 10.5 Å². The maximum Gasteiger partial charge on any atom is 0.416 e. The molecular formula is C23H23F3N2O. The Labute approximate surface area is 168 Å². The van der Waals surface area contributed by atoms with Gasteiger partial charge in [-0.15, -0.1) is 0 Å². The van der Waals surface area contributed by atoms with Gasteiger partial charge in [0.15, 0.2) is 0 Å². The molecule has 0 unspecified atom stereocenters. The second kappa shape index (κ2) is 8.15. The molecular weight excluding hydrogens is 377 g/mol. The van der Waals surface area contributed by atoms with E-state index >= 15 is 0 Å². The molecule has 0 bridgehead atoms. The lowest BCUT2D eigenvalue weighted by Crippen LogP contribution is -2.14. The van der Waals surface area contributed by atoms with E-state index in [2.05, 4.69) is 4.57 Å². The summed E-state index contributed by atoms with van der Waals surface area (Å²) < 4.78 is 40.8. The highest BCUT2D eigenvalue weighted by Crippen LogP contribution is 2.36. The predicted molar refractivity (Wildman–Crippen MR) is 108 cm³/mol. The zero-order valence-corrected chi connectivity index (χ0v) is 16.4. The van der Waals surface area contributed by atoms with Gasteiger partial charge in [-0.3, -0.25) is 4.79 Å². The second-order valence-electron chi connectivity index (χ2n) is 6.96. The number of primary amides is 1. The first kappa shape index (κ1) is 20.7. The molecule has 0 aliphatic carbocycles. The highest BCUT2D eigenvalue weighted by atomic mass is 19.4. The molecule has 0 fully saturated rings. The molecule has 2 N–H and O–H groups in total. The molecule has 3 nitrogen and oxygen atoms in total. The van der Waals surface area contributed by atoms with Crippen molar-refractivity contribution in [2.45, 2.75) is 39.4 Å². The van der Waals surface area contributed by atoms with Crippen LogP contribution in [0.2, 0.25) is 0 Å². The number of carbonyl (C=O) groups excluding carboxylic acids is 1. The number of benzene rings is 2. The van der Waals surface area contributed by atoms with Gasteiger partial charge in [-0.05, 0) is 43.0 Å². The normalized spacial score (nSPS) is 11.6. The van der Waals surface area contributed by atoms with E-state index < -0.39 is 17.6 Å². The van der Waals surface area contributed by atoms with Crippen molar-refractivity contribution in [3.8, 4) is 11.1 Å². The fraction of sp³-hybridized carbons (Fsp3) is 0.261. The Morgan fingerprint density at radius 3 is 2.17 bits per heavy atom. The third kappa shape index (κ3) is 4.21. The van der Waals surface area contributed by atoms with Crippen LogP contribution in [0.25, 0.3) is 11.1 Å². The molecule has 0 aliphatic heterocycles. The van der Waals surface area contributed by atoms with E-state index in [1.807, 2.05) is 44.2 Å². The van der Waals surface area contributed by atoms with Crippen LogP contribution in [0.1, 0.15) is 39.8 Å². The molecule has 0 atom stereocenters. The molecule has 2 aromatic carbocycles. The monoisotopic (exact) mass is 400 g/mol. The fourth-order valence-electron chi connectivity index (χ4n) is 3.79. The predicted octanol–water partition coefficient (Wildman–Crippen LogP) is 5.39. The van der Waals surface area contributed by atoms with Crippen LogP contribution in [0.15, 0.2) is 54.6 Å². The molecule has 3 aromatic rings. The Kier molecular flexibility index (Phi) is 5.82. The summed E-state index contributed by atoms with van der Waals surface area (Å²) in [5.41, 5.74) is 9.29. The van der Waals surface area contributed by atoms with Gasteiger partial charge in [0.1, 0.15) is 0 Å². The van der Waals surface area contributed by atoms with Crippen molar-refractivity contribution in [1.29, 1.82) is 0 Å². The zero-order valence-electron chi connectivity index (χ0n) is 16.4. The Balaban J connectivity index is 2.07. The van der Waals surface area contributed by atoms with Crippen LogP contribution in [0.3, 0.4) is 0 Å². The second-order valence-corrected chi connectivity index (χ2v) is 6.96. The minimum atomic E-state index is -4.41. The number of nitrogens with two attached hydrogens (primary N) is 1. The highest BCUT2D eigenvalue weighted by molar-refractivity contribution is 6.02. The Hall–Kier alpha value is -3.02. The smallest absolute Gasteiger partial charge is 0.366 e. The Bertz CT molecular complexity index is 1000. The number of amides is 1. The first-order chi connectivity index (χ1) is 13.7. The van der Waals surface area contributed by atoms with Gasteiger partial charge in [0.05, 0.1) is 11.1 Å². The maximum atomic E-state index is 12.9. The number of alkyl halides is 3.